The zero-order chi connectivity index (χ0) is 22.8. The summed E-state index contributed by atoms with van der Waals surface area (Å²) < 4.78 is 0. The van der Waals surface area contributed by atoms with E-state index in [1.54, 1.807) is 12.4 Å². The summed E-state index contributed by atoms with van der Waals surface area (Å²) in [5, 5.41) is 12.9. The molecular formula is C23H28N6O2S. The van der Waals surface area contributed by atoms with E-state index in [0.717, 1.165) is 24.0 Å². The Kier molecular flexibility index (Phi) is 6.44. The normalized spacial score (nSPS) is 22.3. The summed E-state index contributed by atoms with van der Waals surface area (Å²) in [6, 6.07) is 5.87. The van der Waals surface area contributed by atoms with Crippen molar-refractivity contribution in [1.29, 1.82) is 5.26 Å². The van der Waals surface area contributed by atoms with E-state index in [2.05, 4.69) is 21.3 Å². The van der Waals surface area contributed by atoms with E-state index in [9.17, 15) is 14.9 Å². The van der Waals surface area contributed by atoms with Gasteiger partial charge in [-0.3, -0.25) is 14.7 Å². The summed E-state index contributed by atoms with van der Waals surface area (Å²) in [5.41, 5.74) is 8.65. The fourth-order valence-corrected chi connectivity index (χ4v) is 6.14. The van der Waals surface area contributed by atoms with E-state index in [1.165, 1.54) is 21.1 Å². The molecule has 1 aliphatic carbocycles. The summed E-state index contributed by atoms with van der Waals surface area (Å²) >= 11 is 1.52. The van der Waals surface area contributed by atoms with Crippen molar-refractivity contribution in [2.45, 2.75) is 38.8 Å². The number of pyridine rings is 1. The molecule has 0 saturated carbocycles. The number of hydrogen-bond acceptors (Lipinski definition) is 7. The average molecular weight is 453 g/mol. The topological polar surface area (TPSA) is 115 Å². The number of nitrogens with two attached hydrogens (primary N) is 1. The quantitative estimate of drug-likeness (QED) is 0.736. The number of carbonyl (C=O) groups excluding carboxylic acids is 2. The number of imide groups is 1. The van der Waals surface area contributed by atoms with Crippen molar-refractivity contribution in [1.82, 2.24) is 20.1 Å². The predicted molar refractivity (Wildman–Crippen MR) is 123 cm³/mol. The van der Waals surface area contributed by atoms with Crippen LogP contribution in [0.1, 0.15) is 34.9 Å². The number of amides is 3. The highest BCUT2D eigenvalue weighted by atomic mass is 32.1. The Morgan fingerprint density at radius 1 is 1.38 bits per heavy atom. The first-order valence-electron chi connectivity index (χ1n) is 10.9. The molecule has 1 saturated heterocycles. The van der Waals surface area contributed by atoms with Crippen molar-refractivity contribution >= 4 is 28.3 Å². The second-order valence-corrected chi connectivity index (χ2v) is 9.70. The van der Waals surface area contributed by atoms with Crippen molar-refractivity contribution in [3.05, 3.63) is 46.1 Å². The van der Waals surface area contributed by atoms with Crippen molar-refractivity contribution < 1.29 is 9.59 Å². The lowest BCUT2D eigenvalue weighted by Crippen LogP contribution is -2.55. The lowest BCUT2D eigenvalue weighted by molar-refractivity contribution is -0.135. The van der Waals surface area contributed by atoms with Crippen LogP contribution in [0.2, 0.25) is 0 Å². The first kappa shape index (κ1) is 22.2. The van der Waals surface area contributed by atoms with Crippen molar-refractivity contribution in [2.75, 3.05) is 25.9 Å². The summed E-state index contributed by atoms with van der Waals surface area (Å²) in [6.07, 6.45) is 5.67. The first-order chi connectivity index (χ1) is 15.4. The Hall–Kier alpha value is -2.96. The number of thiophene rings is 1. The molecule has 0 unspecified atom stereocenters. The number of anilines is 1. The van der Waals surface area contributed by atoms with Crippen LogP contribution in [0.25, 0.3) is 0 Å². The van der Waals surface area contributed by atoms with E-state index in [0.29, 0.717) is 42.7 Å². The minimum Gasteiger partial charge on any atom is -0.389 e. The van der Waals surface area contributed by atoms with Gasteiger partial charge in [-0.05, 0) is 62.4 Å². The summed E-state index contributed by atoms with van der Waals surface area (Å²) in [6.45, 7) is 3.10. The van der Waals surface area contributed by atoms with Crippen LogP contribution < -0.4 is 11.1 Å². The highest BCUT2D eigenvalue weighted by Gasteiger charge is 2.43. The van der Waals surface area contributed by atoms with Gasteiger partial charge in [-0.1, -0.05) is 0 Å². The van der Waals surface area contributed by atoms with Crippen LogP contribution in [0, 0.1) is 23.2 Å². The first-order valence-corrected chi connectivity index (χ1v) is 11.7. The molecule has 0 radical (unpaired) electrons. The Morgan fingerprint density at radius 2 is 2.12 bits per heavy atom. The molecule has 8 nitrogen and oxygen atoms in total. The van der Waals surface area contributed by atoms with Gasteiger partial charge in [0.05, 0.1) is 11.5 Å². The van der Waals surface area contributed by atoms with Crippen LogP contribution >= 0.6 is 11.3 Å². The minimum absolute atomic E-state index is 0.138. The number of carbonyl (C=O) groups is 2. The zero-order valence-electron chi connectivity index (χ0n) is 18.4. The fraction of sp³-hybridized carbons (Fsp3) is 0.478. The number of fused-ring (bicyclic) bond motifs is 2. The Bertz CT molecular complexity index is 1050. The number of likely N-dealkylation sites (N-methyl/N-ethyl adjacent to an activating group) is 1. The molecule has 32 heavy (non-hydrogen) atoms. The van der Waals surface area contributed by atoms with Gasteiger partial charge >= 0.3 is 6.03 Å². The lowest BCUT2D eigenvalue weighted by Gasteiger charge is -2.45. The van der Waals surface area contributed by atoms with E-state index < -0.39 is 0 Å². The van der Waals surface area contributed by atoms with Gasteiger partial charge in [-0.15, -0.1) is 11.3 Å². The second-order valence-electron chi connectivity index (χ2n) is 8.56. The van der Waals surface area contributed by atoms with Gasteiger partial charge in [0.1, 0.15) is 11.1 Å². The van der Waals surface area contributed by atoms with Crippen LogP contribution in [0.15, 0.2) is 24.5 Å². The number of aromatic nitrogens is 1. The standard InChI is InChI=1S/C23H28N6O2S/c1-3-29(23(31)27-12-14-4-6-26-7-5-14)22(30)16-8-15-9-17-18(11-24)21(25)32-20(17)10-19(15)28(2)13-16/h4-7,15-16,19H,3,8-10,12-13,25H2,1-2H3,(H,27,31)/t15-,16-,19-/m1/s1. The third-order valence-corrected chi connectivity index (χ3v) is 7.75. The molecule has 0 bridgehead atoms. The van der Waals surface area contributed by atoms with Crippen LogP contribution in [0.5, 0.6) is 0 Å². The number of piperidine rings is 1. The molecule has 3 atom stereocenters. The largest absolute Gasteiger partial charge is 0.389 e. The van der Waals surface area contributed by atoms with Crippen LogP contribution in [0.3, 0.4) is 0 Å². The molecular weight excluding hydrogens is 424 g/mol. The molecule has 4 rings (SSSR count). The molecule has 3 N–H and O–H groups in total. The van der Waals surface area contributed by atoms with Gasteiger partial charge in [0.15, 0.2) is 0 Å². The smallest absolute Gasteiger partial charge is 0.324 e. The minimum atomic E-state index is -0.373. The van der Waals surface area contributed by atoms with Gasteiger partial charge in [0.25, 0.3) is 0 Å². The van der Waals surface area contributed by atoms with Gasteiger partial charge in [0.2, 0.25) is 5.91 Å². The Morgan fingerprint density at radius 3 is 2.81 bits per heavy atom. The molecule has 1 aliphatic heterocycles. The van der Waals surface area contributed by atoms with Gasteiger partial charge in [-0.25, -0.2) is 4.79 Å². The van der Waals surface area contributed by atoms with E-state index in [4.69, 9.17) is 5.73 Å². The van der Waals surface area contributed by atoms with Gasteiger partial charge in [0, 0.05) is 42.9 Å². The number of hydrogen-bond donors (Lipinski definition) is 2. The Balaban J connectivity index is 1.45. The fourth-order valence-electron chi connectivity index (χ4n) is 5.04. The number of nitrogens with one attached hydrogen (secondary N) is 1. The number of nitriles is 1. The molecule has 2 aromatic rings. The molecule has 0 aromatic carbocycles. The van der Waals surface area contributed by atoms with Gasteiger partial charge < -0.3 is 16.0 Å². The van der Waals surface area contributed by atoms with Crippen molar-refractivity contribution in [3.63, 3.8) is 0 Å². The van der Waals surface area contributed by atoms with Crippen molar-refractivity contribution in [2.24, 2.45) is 11.8 Å². The maximum atomic E-state index is 13.3. The van der Waals surface area contributed by atoms with Crippen LogP contribution in [-0.4, -0.2) is 52.9 Å². The SMILES string of the molecule is CCN(C(=O)NCc1ccncc1)C(=O)[C@@H]1C[C@@H]2Cc3c(sc(N)c3C#N)C[C@H]2N(C)C1. The number of nitrogen functional groups attached to an aromatic ring is 1. The van der Waals surface area contributed by atoms with Gasteiger partial charge in [-0.2, -0.15) is 5.26 Å². The summed E-state index contributed by atoms with van der Waals surface area (Å²) in [5.74, 6) is -0.132. The number of rotatable bonds is 4. The van der Waals surface area contributed by atoms with E-state index in [-0.39, 0.29) is 23.8 Å². The molecule has 9 heteroatoms. The summed E-state index contributed by atoms with van der Waals surface area (Å²) in [7, 11) is 2.05. The number of nitrogens with zero attached hydrogens (tertiary/aromatic N) is 4. The third kappa shape index (κ3) is 4.20. The Labute approximate surface area is 192 Å². The highest BCUT2D eigenvalue weighted by Crippen LogP contribution is 2.42. The molecule has 3 heterocycles. The lowest BCUT2D eigenvalue weighted by atomic mass is 9.74. The number of urea groups is 1. The molecule has 0 spiro atoms. The molecule has 1 fully saturated rings. The van der Waals surface area contributed by atoms with Crippen molar-refractivity contribution in [3.8, 4) is 6.07 Å². The monoisotopic (exact) mass is 452 g/mol. The molecule has 2 aliphatic rings. The third-order valence-electron chi connectivity index (χ3n) is 6.67. The average Bonchev–Trinajstić information content (AvgIpc) is 3.11. The van der Waals surface area contributed by atoms with Crippen LogP contribution in [0.4, 0.5) is 9.80 Å². The maximum Gasteiger partial charge on any atom is 0.324 e. The molecule has 3 amide bonds. The molecule has 2 aromatic heterocycles. The van der Waals surface area contributed by atoms with E-state index >= 15 is 0 Å². The number of likely N-dealkylation sites (tertiary alicyclic amines) is 1. The van der Waals surface area contributed by atoms with Crippen LogP contribution in [-0.2, 0) is 24.2 Å². The maximum absolute atomic E-state index is 13.3. The second kappa shape index (κ2) is 9.27. The summed E-state index contributed by atoms with van der Waals surface area (Å²) in [4.78, 5) is 34.8. The zero-order valence-corrected chi connectivity index (χ0v) is 19.2. The predicted octanol–water partition coefficient (Wildman–Crippen LogP) is 2.39. The molecule has 168 valence electrons. The highest BCUT2D eigenvalue weighted by molar-refractivity contribution is 7.16. The van der Waals surface area contributed by atoms with E-state index in [1.807, 2.05) is 26.1 Å².